The van der Waals surface area contributed by atoms with Gasteiger partial charge < -0.3 is 24.4 Å². The molecule has 2 saturated heterocycles. The summed E-state index contributed by atoms with van der Waals surface area (Å²) in [6.07, 6.45) is 1.96. The van der Waals surface area contributed by atoms with E-state index in [1.165, 1.54) is 6.26 Å². The number of benzene rings is 1. The Morgan fingerprint density at radius 3 is 2.54 bits per heavy atom. The first-order valence-corrected chi connectivity index (χ1v) is 14.5. The van der Waals surface area contributed by atoms with E-state index in [9.17, 15) is 8.42 Å². The van der Waals surface area contributed by atoms with Gasteiger partial charge in [0.05, 0.1) is 62.2 Å². The first-order valence-electron chi connectivity index (χ1n) is 12.6. The number of hydrogen-bond acceptors (Lipinski definition) is 10. The molecule has 0 radical (unpaired) electrons. The second-order valence-corrected chi connectivity index (χ2v) is 13.1. The van der Waals surface area contributed by atoms with Crippen LogP contribution in [-0.4, -0.2) is 85.4 Å². The second-order valence-electron chi connectivity index (χ2n) is 10.5. The Labute approximate surface area is 216 Å². The highest BCUT2D eigenvalue weighted by molar-refractivity contribution is 7.91. The maximum Gasteiger partial charge on any atom is 0.239 e. The predicted octanol–water partition coefficient (Wildman–Crippen LogP) is 2.28. The molecule has 3 aliphatic rings. The van der Waals surface area contributed by atoms with Gasteiger partial charge in [0.1, 0.15) is 10.4 Å². The Morgan fingerprint density at radius 2 is 1.81 bits per heavy atom. The number of rotatable bonds is 5. The van der Waals surface area contributed by atoms with E-state index in [1.54, 1.807) is 13.8 Å². The summed E-state index contributed by atoms with van der Waals surface area (Å²) >= 11 is 0. The number of anilines is 2. The molecule has 1 aromatic carbocycles. The van der Waals surface area contributed by atoms with Gasteiger partial charge in [-0.15, -0.1) is 0 Å². The fraction of sp³-hybridized carbons (Fsp3) is 0.560. The average molecular weight is 529 g/mol. The van der Waals surface area contributed by atoms with Gasteiger partial charge in [0, 0.05) is 12.7 Å². The first kappa shape index (κ1) is 24.4. The highest BCUT2D eigenvalue weighted by Crippen LogP contribution is 2.44. The van der Waals surface area contributed by atoms with Crippen LogP contribution in [0.3, 0.4) is 0 Å². The van der Waals surface area contributed by atoms with Crippen molar-refractivity contribution in [1.29, 1.82) is 0 Å². The molecular weight excluding hydrogens is 496 g/mol. The summed E-state index contributed by atoms with van der Waals surface area (Å²) < 4.78 is 44.1. The quantitative estimate of drug-likeness (QED) is 0.528. The van der Waals surface area contributed by atoms with E-state index < -0.39 is 14.6 Å². The zero-order chi connectivity index (χ0) is 25.9. The van der Waals surface area contributed by atoms with E-state index >= 15 is 0 Å². The van der Waals surface area contributed by atoms with Crippen molar-refractivity contribution in [2.45, 2.75) is 50.1 Å². The number of imidazole rings is 1. The number of sulfone groups is 1. The van der Waals surface area contributed by atoms with E-state index in [2.05, 4.69) is 17.1 Å². The fourth-order valence-corrected chi connectivity index (χ4v) is 5.53. The number of fused-ring (bicyclic) bond motifs is 4. The number of ether oxygens (including phenoxy) is 3. The molecule has 3 aliphatic heterocycles. The third kappa shape index (κ3) is 4.02. The minimum Gasteiger partial charge on any atom is -0.488 e. The number of nitrogens with one attached hydrogen (secondary N) is 1. The van der Waals surface area contributed by atoms with Crippen molar-refractivity contribution in [2.24, 2.45) is 0 Å². The lowest BCUT2D eigenvalue weighted by Gasteiger charge is -2.40. The molecule has 0 saturated carbocycles. The molecule has 0 spiro atoms. The molecule has 11 nitrogen and oxygen atoms in total. The molecule has 5 heterocycles. The number of nitrogens with zero attached hydrogens (tertiary/aromatic N) is 5. The summed E-state index contributed by atoms with van der Waals surface area (Å²) in [6.45, 7) is 8.11. The maximum atomic E-state index is 13.0. The Kier molecular flexibility index (Phi) is 5.81. The van der Waals surface area contributed by atoms with Crippen LogP contribution in [0.15, 0.2) is 24.3 Å². The summed E-state index contributed by atoms with van der Waals surface area (Å²) in [5.41, 5.74) is 1.93. The minimum absolute atomic E-state index is 0.0281. The molecular formula is C25H32N6O5S. The summed E-state index contributed by atoms with van der Waals surface area (Å²) in [7, 11) is -3.57. The molecule has 3 aromatic rings. The summed E-state index contributed by atoms with van der Waals surface area (Å²) in [5.74, 6) is 1.93. The van der Waals surface area contributed by atoms with E-state index in [0.29, 0.717) is 62.2 Å². The number of morpholine rings is 1. The van der Waals surface area contributed by atoms with Crippen LogP contribution in [0, 0.1) is 0 Å². The van der Waals surface area contributed by atoms with E-state index in [1.807, 2.05) is 28.8 Å². The van der Waals surface area contributed by atoms with Gasteiger partial charge in [-0.25, -0.2) is 23.0 Å². The Bertz CT molecular complexity index is 1450. The first-order chi connectivity index (χ1) is 17.6. The van der Waals surface area contributed by atoms with E-state index in [0.717, 1.165) is 17.5 Å². The van der Waals surface area contributed by atoms with Crippen LogP contribution in [0.5, 0.6) is 5.75 Å². The third-order valence-electron chi connectivity index (χ3n) is 7.54. The number of aromatic nitrogens is 4. The second kappa shape index (κ2) is 8.81. The lowest BCUT2D eigenvalue weighted by molar-refractivity contribution is 0.0207. The third-order valence-corrected chi connectivity index (χ3v) is 9.59. The summed E-state index contributed by atoms with van der Waals surface area (Å²) in [4.78, 5) is 17.0. The van der Waals surface area contributed by atoms with E-state index in [4.69, 9.17) is 29.2 Å². The molecule has 198 valence electrons. The summed E-state index contributed by atoms with van der Waals surface area (Å²) in [6, 6.07) is 7.96. The van der Waals surface area contributed by atoms with Crippen LogP contribution in [-0.2, 0) is 24.1 Å². The number of para-hydroxylation sites is 2. The Morgan fingerprint density at radius 1 is 1.05 bits per heavy atom. The van der Waals surface area contributed by atoms with Gasteiger partial charge in [0.15, 0.2) is 21.4 Å². The van der Waals surface area contributed by atoms with Gasteiger partial charge in [-0.2, -0.15) is 4.98 Å². The van der Waals surface area contributed by atoms with Gasteiger partial charge in [-0.1, -0.05) is 12.1 Å². The molecule has 0 amide bonds. The van der Waals surface area contributed by atoms with Gasteiger partial charge in [-0.05, 0) is 32.9 Å². The van der Waals surface area contributed by atoms with E-state index in [-0.39, 0.29) is 18.1 Å². The van der Waals surface area contributed by atoms with Crippen molar-refractivity contribution in [3.63, 3.8) is 0 Å². The zero-order valence-corrected chi connectivity index (χ0v) is 22.3. The SMILES string of the molecule is C[C@@H]1COC[C@@H]2CCOc3c(nc(-n4c(NC5COC5)nc5ccccc54)nc3C(C)(C)S(C)(=O)=O)N21. The van der Waals surface area contributed by atoms with Crippen molar-refractivity contribution in [1.82, 2.24) is 19.5 Å². The molecule has 0 bridgehead atoms. The van der Waals surface area contributed by atoms with Crippen LogP contribution < -0.4 is 15.0 Å². The highest BCUT2D eigenvalue weighted by Gasteiger charge is 2.43. The Balaban J connectivity index is 1.63. The molecule has 1 N–H and O–H groups in total. The molecule has 2 atom stereocenters. The number of hydrogen-bond donors (Lipinski definition) is 1. The average Bonchev–Trinajstić information content (AvgIpc) is 3.07. The maximum absolute atomic E-state index is 13.0. The molecule has 0 unspecified atom stereocenters. The normalized spacial score (nSPS) is 22.5. The minimum atomic E-state index is -3.57. The summed E-state index contributed by atoms with van der Waals surface area (Å²) in [5, 5.41) is 3.44. The largest absolute Gasteiger partial charge is 0.488 e. The van der Waals surface area contributed by atoms with Crippen molar-refractivity contribution in [3.05, 3.63) is 30.0 Å². The Hall–Kier alpha value is -2.96. The molecule has 2 fully saturated rings. The standard InChI is InChI=1S/C25H32N6O5S/c1-15-11-34-14-17-9-10-36-20-21(25(2,3)37(4,32)33)28-24(29-22(20)30(15)17)31-19-8-6-5-7-18(19)27-23(31)26-16-12-35-13-16/h5-8,15-17H,9-14H2,1-4H3,(H,26,27)/t15-,17+/m1/s1. The molecule has 6 rings (SSSR count). The van der Waals surface area contributed by atoms with Crippen LogP contribution in [0.1, 0.15) is 32.9 Å². The predicted molar refractivity (Wildman–Crippen MR) is 139 cm³/mol. The van der Waals surface area contributed by atoms with Crippen LogP contribution in [0.2, 0.25) is 0 Å². The van der Waals surface area contributed by atoms with Gasteiger partial charge >= 0.3 is 0 Å². The van der Waals surface area contributed by atoms with Crippen molar-refractivity contribution in [2.75, 3.05) is 49.5 Å². The fourth-order valence-electron chi connectivity index (χ4n) is 5.04. The van der Waals surface area contributed by atoms with Gasteiger partial charge in [0.25, 0.3) is 0 Å². The topological polar surface area (TPSA) is 121 Å². The molecule has 0 aliphatic carbocycles. The molecule has 37 heavy (non-hydrogen) atoms. The van der Waals surface area contributed by atoms with Crippen molar-refractivity contribution >= 4 is 32.6 Å². The molecule has 2 aromatic heterocycles. The van der Waals surface area contributed by atoms with Crippen LogP contribution >= 0.6 is 0 Å². The molecule has 12 heteroatoms. The van der Waals surface area contributed by atoms with Crippen molar-refractivity contribution < 1.29 is 22.6 Å². The van der Waals surface area contributed by atoms with Gasteiger partial charge in [0.2, 0.25) is 11.9 Å². The lowest BCUT2D eigenvalue weighted by Crippen LogP contribution is -2.51. The highest BCUT2D eigenvalue weighted by atomic mass is 32.2. The smallest absolute Gasteiger partial charge is 0.239 e. The van der Waals surface area contributed by atoms with Crippen LogP contribution in [0.4, 0.5) is 11.8 Å². The zero-order valence-electron chi connectivity index (χ0n) is 21.5. The van der Waals surface area contributed by atoms with Crippen molar-refractivity contribution in [3.8, 4) is 11.7 Å². The van der Waals surface area contributed by atoms with Gasteiger partial charge in [-0.3, -0.25) is 0 Å². The monoisotopic (exact) mass is 528 g/mol. The lowest BCUT2D eigenvalue weighted by atomic mass is 10.1. The van der Waals surface area contributed by atoms with Crippen LogP contribution in [0.25, 0.3) is 17.0 Å².